The molecule has 0 spiro atoms. The average molecular weight is 408 g/mol. The van der Waals surface area contributed by atoms with Gasteiger partial charge >= 0.3 is 6.18 Å². The number of sulfone groups is 1. The molecule has 148 valence electrons. The summed E-state index contributed by atoms with van der Waals surface area (Å²) in [6.07, 6.45) is -3.06. The maximum atomic E-state index is 13.1. The van der Waals surface area contributed by atoms with Crippen LogP contribution in [0.25, 0.3) is 11.3 Å². The largest absolute Gasteiger partial charge is 0.416 e. The van der Waals surface area contributed by atoms with Gasteiger partial charge in [0.25, 0.3) is 0 Å². The van der Waals surface area contributed by atoms with Crippen molar-refractivity contribution >= 4 is 9.84 Å². The summed E-state index contributed by atoms with van der Waals surface area (Å²) in [5.74, 6) is -0.301. The molecule has 0 bridgehead atoms. The van der Waals surface area contributed by atoms with Gasteiger partial charge in [-0.3, -0.25) is 0 Å². The van der Waals surface area contributed by atoms with Crippen LogP contribution in [0.1, 0.15) is 23.7 Å². The summed E-state index contributed by atoms with van der Waals surface area (Å²) < 4.78 is 66.1. The highest BCUT2D eigenvalue weighted by atomic mass is 32.2. The molecule has 3 aromatic rings. The molecule has 1 aromatic heterocycles. The second kappa shape index (κ2) is 7.43. The van der Waals surface area contributed by atoms with E-state index in [0.717, 1.165) is 11.6 Å². The van der Waals surface area contributed by atoms with Crippen molar-refractivity contribution in [1.82, 2.24) is 9.55 Å². The van der Waals surface area contributed by atoms with Crippen molar-refractivity contribution in [2.75, 3.05) is 5.75 Å². The molecule has 0 aliphatic rings. The standard InChI is InChI=1S/C20H19F3N2O2S/c1-3-28(26,27)18-11-16(20(21,22)23)9-10-17(18)19-14(2)25(13-24-19)12-15-7-5-4-6-8-15/h4-11,13H,3,12H2,1-2H3. The van der Waals surface area contributed by atoms with E-state index >= 15 is 0 Å². The van der Waals surface area contributed by atoms with Crippen LogP contribution in [0.15, 0.2) is 59.8 Å². The molecule has 0 amide bonds. The molecule has 0 aliphatic heterocycles. The number of alkyl halides is 3. The van der Waals surface area contributed by atoms with E-state index in [2.05, 4.69) is 4.98 Å². The van der Waals surface area contributed by atoms with Crippen molar-refractivity contribution in [3.8, 4) is 11.3 Å². The highest BCUT2D eigenvalue weighted by Gasteiger charge is 2.33. The number of imidazole rings is 1. The lowest BCUT2D eigenvalue weighted by Crippen LogP contribution is -2.11. The van der Waals surface area contributed by atoms with Gasteiger partial charge in [-0.2, -0.15) is 13.2 Å². The fourth-order valence-corrected chi connectivity index (χ4v) is 4.07. The molecule has 0 unspecified atom stereocenters. The number of halogens is 3. The Hall–Kier alpha value is -2.61. The smallest absolute Gasteiger partial charge is 0.330 e. The first-order chi connectivity index (χ1) is 13.1. The van der Waals surface area contributed by atoms with Crippen LogP contribution < -0.4 is 0 Å². The molecule has 0 radical (unpaired) electrons. The molecular formula is C20H19F3N2O2S. The second-order valence-corrected chi connectivity index (χ2v) is 8.65. The summed E-state index contributed by atoms with van der Waals surface area (Å²) in [5.41, 5.74) is 1.25. The van der Waals surface area contributed by atoms with Gasteiger partial charge in [0, 0.05) is 17.8 Å². The van der Waals surface area contributed by atoms with E-state index in [1.807, 2.05) is 34.9 Å². The maximum absolute atomic E-state index is 13.1. The van der Waals surface area contributed by atoms with Crippen molar-refractivity contribution in [3.63, 3.8) is 0 Å². The highest BCUT2D eigenvalue weighted by molar-refractivity contribution is 7.91. The molecule has 3 rings (SSSR count). The summed E-state index contributed by atoms with van der Waals surface area (Å²) in [6.45, 7) is 3.70. The molecule has 8 heteroatoms. The number of rotatable bonds is 5. The lowest BCUT2D eigenvalue weighted by atomic mass is 10.1. The average Bonchev–Trinajstić information content (AvgIpc) is 3.01. The van der Waals surface area contributed by atoms with Gasteiger partial charge in [-0.25, -0.2) is 13.4 Å². The van der Waals surface area contributed by atoms with E-state index in [1.165, 1.54) is 13.0 Å². The summed E-state index contributed by atoms with van der Waals surface area (Å²) in [7, 11) is -3.88. The molecule has 0 saturated heterocycles. The van der Waals surface area contributed by atoms with Gasteiger partial charge in [0.05, 0.1) is 28.2 Å². The first-order valence-electron chi connectivity index (χ1n) is 8.63. The minimum Gasteiger partial charge on any atom is -0.330 e. The van der Waals surface area contributed by atoms with Gasteiger partial charge in [0.2, 0.25) is 0 Å². The third kappa shape index (κ3) is 3.96. The second-order valence-electron chi connectivity index (χ2n) is 6.40. The van der Waals surface area contributed by atoms with E-state index in [4.69, 9.17) is 0 Å². The van der Waals surface area contributed by atoms with E-state index in [9.17, 15) is 21.6 Å². The minimum absolute atomic E-state index is 0.180. The zero-order chi connectivity index (χ0) is 20.5. The molecule has 1 heterocycles. The first-order valence-corrected chi connectivity index (χ1v) is 10.3. The van der Waals surface area contributed by atoms with E-state index in [0.29, 0.717) is 24.0 Å². The van der Waals surface area contributed by atoms with Crippen molar-refractivity contribution in [1.29, 1.82) is 0 Å². The van der Waals surface area contributed by atoms with E-state index < -0.39 is 21.6 Å². The maximum Gasteiger partial charge on any atom is 0.416 e. The molecule has 4 nitrogen and oxygen atoms in total. The molecule has 0 N–H and O–H groups in total. The number of aromatic nitrogens is 2. The molecule has 0 saturated carbocycles. The number of hydrogen-bond donors (Lipinski definition) is 0. The van der Waals surface area contributed by atoms with Gasteiger partial charge in [-0.15, -0.1) is 0 Å². The molecule has 28 heavy (non-hydrogen) atoms. The van der Waals surface area contributed by atoms with Crippen molar-refractivity contribution in [3.05, 3.63) is 71.7 Å². The fraction of sp³-hybridized carbons (Fsp3) is 0.250. The van der Waals surface area contributed by atoms with Crippen LogP contribution in [0.2, 0.25) is 0 Å². The predicted molar refractivity (Wildman–Crippen MR) is 101 cm³/mol. The fourth-order valence-electron chi connectivity index (χ4n) is 2.95. The lowest BCUT2D eigenvalue weighted by Gasteiger charge is -2.13. The number of nitrogens with zero attached hydrogens (tertiary/aromatic N) is 2. The summed E-state index contributed by atoms with van der Waals surface area (Å²) in [6, 6.07) is 12.4. The topological polar surface area (TPSA) is 52.0 Å². The molecule has 0 aliphatic carbocycles. The van der Waals surface area contributed by atoms with Crippen molar-refractivity contribution < 1.29 is 21.6 Å². The van der Waals surface area contributed by atoms with Gasteiger partial charge in [-0.1, -0.05) is 43.3 Å². The SMILES string of the molecule is CCS(=O)(=O)c1cc(C(F)(F)F)ccc1-c1ncn(Cc2ccccc2)c1C. The third-order valence-electron chi connectivity index (χ3n) is 4.57. The third-order valence-corrected chi connectivity index (χ3v) is 6.34. The van der Waals surface area contributed by atoms with Gasteiger partial charge in [0.1, 0.15) is 0 Å². The zero-order valence-corrected chi connectivity index (χ0v) is 16.2. The van der Waals surface area contributed by atoms with Gasteiger partial charge in [0.15, 0.2) is 9.84 Å². The van der Waals surface area contributed by atoms with E-state index in [-0.39, 0.29) is 16.2 Å². The molecule has 0 atom stereocenters. The van der Waals surface area contributed by atoms with Crippen LogP contribution in [0.4, 0.5) is 13.2 Å². The molecule has 0 fully saturated rings. The quantitative estimate of drug-likeness (QED) is 0.614. The van der Waals surface area contributed by atoms with Crippen LogP contribution >= 0.6 is 0 Å². The Kier molecular flexibility index (Phi) is 5.34. The first kappa shape index (κ1) is 20.1. The Balaban J connectivity index is 2.11. The Labute approximate surface area is 161 Å². The Morgan fingerprint density at radius 3 is 2.36 bits per heavy atom. The monoisotopic (exact) mass is 408 g/mol. The van der Waals surface area contributed by atoms with Crippen LogP contribution in [0.3, 0.4) is 0 Å². The van der Waals surface area contributed by atoms with Gasteiger partial charge < -0.3 is 4.57 Å². The number of benzene rings is 2. The van der Waals surface area contributed by atoms with Crippen LogP contribution in [-0.2, 0) is 22.6 Å². The van der Waals surface area contributed by atoms with Crippen molar-refractivity contribution in [2.45, 2.75) is 31.5 Å². The van der Waals surface area contributed by atoms with Crippen molar-refractivity contribution in [2.24, 2.45) is 0 Å². The van der Waals surface area contributed by atoms with Gasteiger partial charge in [-0.05, 0) is 24.6 Å². The number of hydrogen-bond acceptors (Lipinski definition) is 3. The summed E-state index contributed by atoms with van der Waals surface area (Å²) >= 11 is 0. The summed E-state index contributed by atoms with van der Waals surface area (Å²) in [4.78, 5) is 3.95. The van der Waals surface area contributed by atoms with Crippen LogP contribution in [0.5, 0.6) is 0 Å². The normalized spacial score (nSPS) is 12.3. The van der Waals surface area contributed by atoms with Crippen LogP contribution in [0, 0.1) is 6.92 Å². The predicted octanol–water partition coefficient (Wildman–Crippen LogP) is 4.72. The van der Waals surface area contributed by atoms with Crippen LogP contribution in [-0.4, -0.2) is 23.7 Å². The summed E-state index contributed by atoms with van der Waals surface area (Å²) in [5, 5.41) is 0. The Morgan fingerprint density at radius 2 is 1.75 bits per heavy atom. The molecule has 2 aromatic carbocycles. The lowest BCUT2D eigenvalue weighted by molar-refractivity contribution is -0.137. The zero-order valence-electron chi connectivity index (χ0n) is 15.4. The Morgan fingerprint density at radius 1 is 1.07 bits per heavy atom. The van der Waals surface area contributed by atoms with E-state index in [1.54, 1.807) is 13.3 Å². The highest BCUT2D eigenvalue weighted by Crippen LogP contribution is 2.36. The minimum atomic E-state index is -4.63. The Bertz CT molecular complexity index is 1090. The molecular weight excluding hydrogens is 389 g/mol.